The monoisotopic (exact) mass is 403 g/mol. The zero-order valence-electron chi connectivity index (χ0n) is 16.0. The van der Waals surface area contributed by atoms with Gasteiger partial charge in [0.2, 0.25) is 0 Å². The second-order valence-corrected chi connectivity index (χ2v) is 6.98. The van der Waals surface area contributed by atoms with Gasteiger partial charge in [0.05, 0.1) is 43.4 Å². The molecular formula is C21H23F2N3O3. The number of nitrogens with zero attached hydrogens (tertiary/aromatic N) is 2. The molecule has 0 aromatic heterocycles. The Morgan fingerprint density at radius 2 is 1.52 bits per heavy atom. The van der Waals surface area contributed by atoms with E-state index in [2.05, 4.69) is 15.1 Å². The predicted octanol–water partition coefficient (Wildman–Crippen LogP) is 2.89. The molecule has 0 bridgehead atoms. The van der Waals surface area contributed by atoms with Crippen molar-refractivity contribution in [1.82, 2.24) is 0 Å². The molecule has 2 aliphatic rings. The van der Waals surface area contributed by atoms with Gasteiger partial charge in [0.25, 0.3) is 5.91 Å². The van der Waals surface area contributed by atoms with E-state index in [9.17, 15) is 13.6 Å². The average molecular weight is 403 g/mol. The van der Waals surface area contributed by atoms with Crippen LogP contribution in [0.25, 0.3) is 0 Å². The number of nitrogens with one attached hydrogen (secondary N) is 1. The molecule has 2 aromatic carbocycles. The van der Waals surface area contributed by atoms with Crippen LogP contribution in [0.3, 0.4) is 0 Å². The summed E-state index contributed by atoms with van der Waals surface area (Å²) in [5, 5.41) is 2.79. The normalized spacial score (nSPS) is 17.3. The molecule has 2 fully saturated rings. The number of ether oxygens (including phenoxy) is 2. The third-order valence-electron chi connectivity index (χ3n) is 5.13. The van der Waals surface area contributed by atoms with Crippen LogP contribution in [0.1, 0.15) is 10.4 Å². The van der Waals surface area contributed by atoms with Crippen molar-refractivity contribution in [3.05, 3.63) is 53.6 Å². The summed E-state index contributed by atoms with van der Waals surface area (Å²) in [6.07, 6.45) is 0. The van der Waals surface area contributed by atoms with Crippen LogP contribution in [-0.4, -0.2) is 58.5 Å². The fraction of sp³-hybridized carbons (Fsp3) is 0.381. The molecule has 0 aliphatic carbocycles. The molecule has 2 aliphatic heterocycles. The van der Waals surface area contributed by atoms with Gasteiger partial charge in [-0.05, 0) is 30.3 Å². The van der Waals surface area contributed by atoms with Gasteiger partial charge in [0.1, 0.15) is 11.6 Å². The van der Waals surface area contributed by atoms with E-state index in [0.717, 1.165) is 36.6 Å². The first-order valence-electron chi connectivity index (χ1n) is 9.67. The maximum Gasteiger partial charge on any atom is 0.258 e. The molecule has 4 rings (SSSR count). The van der Waals surface area contributed by atoms with Crippen LogP contribution in [0.2, 0.25) is 0 Å². The highest BCUT2D eigenvalue weighted by Crippen LogP contribution is 2.32. The minimum Gasteiger partial charge on any atom is -0.378 e. The van der Waals surface area contributed by atoms with Crippen molar-refractivity contribution in [3.8, 4) is 0 Å². The second kappa shape index (κ2) is 8.75. The van der Waals surface area contributed by atoms with Gasteiger partial charge in [-0.1, -0.05) is 0 Å². The highest BCUT2D eigenvalue weighted by Gasteiger charge is 2.21. The Labute approximate surface area is 168 Å². The summed E-state index contributed by atoms with van der Waals surface area (Å²) in [5.74, 6) is -2.22. The summed E-state index contributed by atoms with van der Waals surface area (Å²) in [4.78, 5) is 17.0. The van der Waals surface area contributed by atoms with E-state index in [1.54, 1.807) is 0 Å². The van der Waals surface area contributed by atoms with Gasteiger partial charge in [-0.2, -0.15) is 0 Å². The molecule has 154 valence electrons. The molecular weight excluding hydrogens is 380 g/mol. The summed E-state index contributed by atoms with van der Waals surface area (Å²) in [7, 11) is 0. The van der Waals surface area contributed by atoms with E-state index < -0.39 is 17.5 Å². The van der Waals surface area contributed by atoms with Crippen molar-refractivity contribution >= 4 is 23.0 Å². The molecule has 6 nitrogen and oxygen atoms in total. The van der Waals surface area contributed by atoms with Crippen molar-refractivity contribution in [3.63, 3.8) is 0 Å². The first-order valence-corrected chi connectivity index (χ1v) is 9.67. The lowest BCUT2D eigenvalue weighted by Crippen LogP contribution is -2.38. The molecule has 0 atom stereocenters. The number of morpholine rings is 2. The molecule has 2 aromatic rings. The van der Waals surface area contributed by atoms with Crippen molar-refractivity contribution in [2.24, 2.45) is 0 Å². The van der Waals surface area contributed by atoms with Gasteiger partial charge < -0.3 is 24.6 Å². The number of amides is 1. The average Bonchev–Trinajstić information content (AvgIpc) is 2.75. The molecule has 0 saturated carbocycles. The Bertz CT molecular complexity index is 881. The molecule has 0 unspecified atom stereocenters. The van der Waals surface area contributed by atoms with E-state index >= 15 is 0 Å². The van der Waals surface area contributed by atoms with Gasteiger partial charge >= 0.3 is 0 Å². The lowest BCUT2D eigenvalue weighted by molar-refractivity contribution is 0.102. The van der Waals surface area contributed by atoms with Crippen LogP contribution >= 0.6 is 0 Å². The minimum atomic E-state index is -0.889. The molecule has 8 heteroatoms. The van der Waals surface area contributed by atoms with E-state index in [1.165, 1.54) is 0 Å². The van der Waals surface area contributed by atoms with E-state index in [1.807, 2.05) is 18.2 Å². The number of benzene rings is 2. The van der Waals surface area contributed by atoms with Gasteiger partial charge in [0.15, 0.2) is 0 Å². The van der Waals surface area contributed by atoms with Crippen molar-refractivity contribution in [2.75, 3.05) is 67.7 Å². The molecule has 1 amide bonds. The zero-order chi connectivity index (χ0) is 20.2. The van der Waals surface area contributed by atoms with Gasteiger partial charge in [-0.3, -0.25) is 4.79 Å². The molecule has 2 saturated heterocycles. The fourth-order valence-electron chi connectivity index (χ4n) is 3.57. The maximum absolute atomic E-state index is 14.0. The summed E-state index contributed by atoms with van der Waals surface area (Å²) in [5.41, 5.74) is 2.28. The topological polar surface area (TPSA) is 54.0 Å². The zero-order valence-corrected chi connectivity index (χ0v) is 16.0. The number of carbonyl (C=O) groups excluding carboxylic acids is 1. The van der Waals surface area contributed by atoms with Crippen molar-refractivity contribution < 1.29 is 23.0 Å². The SMILES string of the molecule is O=C(Nc1ccc(N2CCOCC2)cc1N1CCOCC1)c1ccc(F)cc1F. The first kappa shape index (κ1) is 19.6. The van der Waals surface area contributed by atoms with Crippen LogP contribution in [0, 0.1) is 11.6 Å². The second-order valence-electron chi connectivity index (χ2n) is 6.98. The van der Waals surface area contributed by atoms with Crippen molar-refractivity contribution in [1.29, 1.82) is 0 Å². The Hall–Kier alpha value is -2.71. The number of anilines is 3. The third kappa shape index (κ3) is 4.49. The summed E-state index contributed by atoms with van der Waals surface area (Å²) >= 11 is 0. The first-order chi connectivity index (χ1) is 14.1. The molecule has 0 radical (unpaired) electrons. The minimum absolute atomic E-state index is 0.198. The van der Waals surface area contributed by atoms with Crippen LogP contribution in [0.15, 0.2) is 36.4 Å². The smallest absolute Gasteiger partial charge is 0.258 e. The number of carbonyl (C=O) groups is 1. The van der Waals surface area contributed by atoms with Gasteiger partial charge in [-0.25, -0.2) is 8.78 Å². The lowest BCUT2D eigenvalue weighted by Gasteiger charge is -2.33. The van der Waals surface area contributed by atoms with E-state index in [4.69, 9.17) is 9.47 Å². The highest BCUT2D eigenvalue weighted by atomic mass is 19.1. The van der Waals surface area contributed by atoms with Crippen molar-refractivity contribution in [2.45, 2.75) is 0 Å². The van der Waals surface area contributed by atoms with Crippen LogP contribution in [-0.2, 0) is 9.47 Å². The maximum atomic E-state index is 14.0. The number of hydrogen-bond donors (Lipinski definition) is 1. The van der Waals surface area contributed by atoms with Gasteiger partial charge in [0, 0.05) is 37.9 Å². The largest absolute Gasteiger partial charge is 0.378 e. The molecule has 29 heavy (non-hydrogen) atoms. The van der Waals surface area contributed by atoms with Crippen LogP contribution < -0.4 is 15.1 Å². The number of rotatable bonds is 4. The van der Waals surface area contributed by atoms with Crippen LogP contribution in [0.5, 0.6) is 0 Å². The van der Waals surface area contributed by atoms with E-state index in [0.29, 0.717) is 51.3 Å². The third-order valence-corrected chi connectivity index (χ3v) is 5.13. The highest BCUT2D eigenvalue weighted by molar-refractivity contribution is 6.06. The van der Waals surface area contributed by atoms with Crippen LogP contribution in [0.4, 0.5) is 25.8 Å². The van der Waals surface area contributed by atoms with Gasteiger partial charge in [-0.15, -0.1) is 0 Å². The Morgan fingerprint density at radius 3 is 2.17 bits per heavy atom. The number of halogens is 2. The lowest BCUT2D eigenvalue weighted by atomic mass is 10.1. The quantitative estimate of drug-likeness (QED) is 0.851. The standard InChI is InChI=1S/C21H23F2N3O3/c22-15-1-3-17(18(23)13-15)21(27)24-19-4-2-16(25-5-9-28-10-6-25)14-20(19)26-7-11-29-12-8-26/h1-4,13-14H,5-12H2,(H,24,27). The molecule has 1 N–H and O–H groups in total. The molecule has 2 heterocycles. The Morgan fingerprint density at radius 1 is 0.862 bits per heavy atom. The summed E-state index contributed by atoms with van der Waals surface area (Å²) in [6, 6.07) is 8.73. The van der Waals surface area contributed by atoms with E-state index in [-0.39, 0.29) is 5.56 Å². The Kier molecular flexibility index (Phi) is 5.92. The fourth-order valence-corrected chi connectivity index (χ4v) is 3.57. The summed E-state index contributed by atoms with van der Waals surface area (Å²) < 4.78 is 38.1. The Balaban J connectivity index is 1.62. The predicted molar refractivity (Wildman–Crippen MR) is 107 cm³/mol. The number of hydrogen-bond acceptors (Lipinski definition) is 5. The summed E-state index contributed by atoms with van der Waals surface area (Å²) in [6.45, 7) is 5.54. The molecule has 0 spiro atoms.